The Bertz CT molecular complexity index is 1500. The zero-order chi connectivity index (χ0) is 20.9. The molecular weight excluding hydrogens is 386 g/mol. The Kier molecular flexibility index (Phi) is 3.77. The molecule has 0 aliphatic carbocycles. The van der Waals surface area contributed by atoms with E-state index in [2.05, 4.69) is 28.2 Å². The number of phenolic OH excluding ortho intramolecular Hbond substituents is 2. The van der Waals surface area contributed by atoms with Crippen LogP contribution in [0.3, 0.4) is 0 Å². The fraction of sp³-hybridized carbons (Fsp3) is 0.0385. The van der Waals surface area contributed by atoms with Gasteiger partial charge in [0.25, 0.3) is 0 Å². The molecule has 0 unspecified atom stereocenters. The summed E-state index contributed by atoms with van der Waals surface area (Å²) < 4.78 is 0. The molecule has 0 aliphatic rings. The van der Waals surface area contributed by atoms with Gasteiger partial charge in [0.1, 0.15) is 11.5 Å². The Labute approximate surface area is 177 Å². The van der Waals surface area contributed by atoms with Crippen molar-refractivity contribution in [3.05, 3.63) is 102 Å². The van der Waals surface area contributed by atoms with Gasteiger partial charge in [-0.2, -0.15) is 0 Å². The number of fused-ring (bicyclic) bond motifs is 3. The molecular formula is C26H19N3O2. The van der Waals surface area contributed by atoms with Gasteiger partial charge in [0.2, 0.25) is 0 Å². The molecule has 6 rings (SSSR count). The summed E-state index contributed by atoms with van der Waals surface area (Å²) in [5.41, 5.74) is 5.74. The molecule has 31 heavy (non-hydrogen) atoms. The van der Waals surface area contributed by atoms with Gasteiger partial charge < -0.3 is 20.2 Å². The molecule has 0 spiro atoms. The van der Waals surface area contributed by atoms with E-state index in [0.717, 1.165) is 49.5 Å². The lowest BCUT2D eigenvalue weighted by molar-refractivity contribution is 0.475. The van der Waals surface area contributed by atoms with Crippen molar-refractivity contribution in [3.63, 3.8) is 0 Å². The molecule has 0 fully saturated rings. The Morgan fingerprint density at radius 1 is 0.677 bits per heavy atom. The lowest BCUT2D eigenvalue weighted by atomic mass is 9.87. The van der Waals surface area contributed by atoms with Crippen LogP contribution in [0.15, 0.2) is 85.2 Å². The lowest BCUT2D eigenvalue weighted by Crippen LogP contribution is -2.05. The maximum Gasteiger partial charge on any atom is 0.116 e. The highest BCUT2D eigenvalue weighted by Crippen LogP contribution is 2.40. The van der Waals surface area contributed by atoms with Crippen molar-refractivity contribution in [2.75, 3.05) is 0 Å². The van der Waals surface area contributed by atoms with E-state index in [-0.39, 0.29) is 17.4 Å². The summed E-state index contributed by atoms with van der Waals surface area (Å²) >= 11 is 0. The smallest absolute Gasteiger partial charge is 0.116 e. The van der Waals surface area contributed by atoms with Crippen LogP contribution >= 0.6 is 0 Å². The number of para-hydroxylation sites is 1. The number of benzene rings is 3. The minimum atomic E-state index is -0.198. The van der Waals surface area contributed by atoms with Crippen molar-refractivity contribution in [3.8, 4) is 11.5 Å². The Morgan fingerprint density at radius 3 is 1.94 bits per heavy atom. The Hall–Kier alpha value is -4.25. The van der Waals surface area contributed by atoms with E-state index in [1.807, 2.05) is 42.7 Å². The second kappa shape index (κ2) is 6.64. The van der Waals surface area contributed by atoms with Crippen LogP contribution in [0.2, 0.25) is 0 Å². The average Bonchev–Trinajstić information content (AvgIpc) is 3.38. The minimum Gasteiger partial charge on any atom is -0.508 e. The largest absolute Gasteiger partial charge is 0.508 e. The predicted octanol–water partition coefficient (Wildman–Crippen LogP) is 5.79. The van der Waals surface area contributed by atoms with Crippen LogP contribution in [0.4, 0.5) is 0 Å². The van der Waals surface area contributed by atoms with Crippen molar-refractivity contribution in [2.24, 2.45) is 0 Å². The molecule has 0 amide bonds. The minimum absolute atomic E-state index is 0.198. The summed E-state index contributed by atoms with van der Waals surface area (Å²) in [7, 11) is 0. The summed E-state index contributed by atoms with van der Waals surface area (Å²) in [6, 6.07) is 22.9. The molecule has 0 saturated carbocycles. The molecule has 6 aromatic rings. The first-order valence-electron chi connectivity index (χ1n) is 10.1. The van der Waals surface area contributed by atoms with Gasteiger partial charge >= 0.3 is 0 Å². The average molecular weight is 405 g/mol. The van der Waals surface area contributed by atoms with Gasteiger partial charge in [0.05, 0.1) is 17.1 Å². The highest BCUT2D eigenvalue weighted by atomic mass is 16.3. The van der Waals surface area contributed by atoms with Gasteiger partial charge in [0, 0.05) is 39.6 Å². The maximum absolute atomic E-state index is 10.1. The maximum atomic E-state index is 10.1. The SMILES string of the molecule is Oc1ccc2[nH]cc(C(c3ccc4ccccc4n3)c3c[nH]c4ccc(O)cc34)c2c1. The number of aromatic hydroxyl groups is 2. The second-order valence-corrected chi connectivity index (χ2v) is 7.81. The van der Waals surface area contributed by atoms with Gasteiger partial charge in [-0.25, -0.2) is 0 Å². The summed E-state index contributed by atoms with van der Waals surface area (Å²) in [5, 5.41) is 23.2. The van der Waals surface area contributed by atoms with E-state index < -0.39 is 0 Å². The van der Waals surface area contributed by atoms with Crippen molar-refractivity contribution < 1.29 is 10.2 Å². The standard InChI is InChI=1S/C26H19N3O2/c30-16-6-9-23-18(11-16)20(13-27-23)26(21-14-28-24-10-7-17(31)12-19(21)24)25-8-5-15-3-1-2-4-22(15)29-25/h1-14,26-28,30-31H. The number of pyridine rings is 1. The number of hydrogen-bond acceptors (Lipinski definition) is 3. The number of aromatic amines is 2. The highest BCUT2D eigenvalue weighted by Gasteiger charge is 2.25. The third kappa shape index (κ3) is 2.82. The third-order valence-corrected chi connectivity index (χ3v) is 5.93. The topological polar surface area (TPSA) is 84.9 Å². The van der Waals surface area contributed by atoms with Crippen LogP contribution in [0.25, 0.3) is 32.7 Å². The first kappa shape index (κ1) is 17.6. The molecule has 5 nitrogen and oxygen atoms in total. The number of nitrogens with one attached hydrogen (secondary N) is 2. The number of phenols is 2. The van der Waals surface area contributed by atoms with Gasteiger partial charge in [-0.05, 0) is 59.7 Å². The van der Waals surface area contributed by atoms with Crippen molar-refractivity contribution in [1.82, 2.24) is 15.0 Å². The van der Waals surface area contributed by atoms with Crippen LogP contribution in [0.5, 0.6) is 11.5 Å². The van der Waals surface area contributed by atoms with Gasteiger partial charge in [-0.15, -0.1) is 0 Å². The number of aromatic nitrogens is 3. The van der Waals surface area contributed by atoms with E-state index in [4.69, 9.17) is 4.98 Å². The molecule has 0 atom stereocenters. The second-order valence-electron chi connectivity index (χ2n) is 7.81. The molecule has 150 valence electrons. The number of rotatable bonds is 3. The van der Waals surface area contributed by atoms with E-state index >= 15 is 0 Å². The number of hydrogen-bond donors (Lipinski definition) is 4. The summed E-state index contributed by atoms with van der Waals surface area (Å²) in [6.07, 6.45) is 3.96. The molecule has 3 aromatic carbocycles. The fourth-order valence-corrected chi connectivity index (χ4v) is 4.47. The monoisotopic (exact) mass is 405 g/mol. The quantitative estimate of drug-likeness (QED) is 0.301. The van der Waals surface area contributed by atoms with Crippen LogP contribution in [0, 0.1) is 0 Å². The van der Waals surface area contributed by atoms with Crippen molar-refractivity contribution in [2.45, 2.75) is 5.92 Å². The van der Waals surface area contributed by atoms with Crippen molar-refractivity contribution in [1.29, 1.82) is 0 Å². The van der Waals surface area contributed by atoms with Crippen LogP contribution in [0.1, 0.15) is 22.7 Å². The first-order chi connectivity index (χ1) is 15.2. The number of H-pyrrole nitrogens is 2. The fourth-order valence-electron chi connectivity index (χ4n) is 4.47. The zero-order valence-corrected chi connectivity index (χ0v) is 16.5. The van der Waals surface area contributed by atoms with Gasteiger partial charge in [0.15, 0.2) is 0 Å². The Balaban J connectivity index is 1.66. The predicted molar refractivity (Wildman–Crippen MR) is 123 cm³/mol. The van der Waals surface area contributed by atoms with Crippen LogP contribution < -0.4 is 0 Å². The van der Waals surface area contributed by atoms with E-state index in [9.17, 15) is 10.2 Å². The van der Waals surface area contributed by atoms with E-state index in [0.29, 0.717) is 0 Å². The van der Waals surface area contributed by atoms with Gasteiger partial charge in [-0.1, -0.05) is 24.3 Å². The third-order valence-electron chi connectivity index (χ3n) is 5.93. The summed E-state index contributed by atoms with van der Waals surface area (Å²) in [5.74, 6) is 0.237. The molecule has 0 aliphatic heterocycles. The molecule has 4 N–H and O–H groups in total. The van der Waals surface area contributed by atoms with Crippen molar-refractivity contribution >= 4 is 32.7 Å². The summed E-state index contributed by atoms with van der Waals surface area (Å²) in [6.45, 7) is 0. The van der Waals surface area contributed by atoms with E-state index in [1.165, 1.54) is 0 Å². The molecule has 5 heteroatoms. The Morgan fingerprint density at radius 2 is 1.29 bits per heavy atom. The van der Waals surface area contributed by atoms with Crippen LogP contribution in [-0.2, 0) is 0 Å². The molecule has 0 radical (unpaired) electrons. The highest BCUT2D eigenvalue weighted by molar-refractivity contribution is 5.90. The number of nitrogens with zero attached hydrogens (tertiary/aromatic N) is 1. The summed E-state index contributed by atoms with van der Waals surface area (Å²) in [4.78, 5) is 11.6. The molecule has 3 heterocycles. The molecule has 3 aromatic heterocycles. The lowest BCUT2D eigenvalue weighted by Gasteiger charge is -2.17. The molecule has 0 saturated heterocycles. The van der Waals surface area contributed by atoms with Crippen LogP contribution in [-0.4, -0.2) is 25.2 Å². The first-order valence-corrected chi connectivity index (χ1v) is 10.1. The zero-order valence-electron chi connectivity index (χ0n) is 16.5. The normalized spacial score (nSPS) is 11.8. The molecule has 0 bridgehead atoms. The van der Waals surface area contributed by atoms with E-state index in [1.54, 1.807) is 24.3 Å². The van der Waals surface area contributed by atoms with Gasteiger partial charge in [-0.3, -0.25) is 4.98 Å².